The van der Waals surface area contributed by atoms with Gasteiger partial charge in [-0.3, -0.25) is 14.6 Å². The molecule has 6 aromatic rings. The van der Waals surface area contributed by atoms with E-state index in [4.69, 9.17) is 11.6 Å². The fourth-order valence-electron chi connectivity index (χ4n) is 7.14. The lowest BCUT2D eigenvalue weighted by molar-refractivity contribution is -0.714. The van der Waals surface area contributed by atoms with Crippen LogP contribution in [0.1, 0.15) is 31.4 Å². The Bertz CT molecular complexity index is 2270. The van der Waals surface area contributed by atoms with Crippen LogP contribution in [0.5, 0.6) is 0 Å². The summed E-state index contributed by atoms with van der Waals surface area (Å²) in [6.07, 6.45) is 13.0. The second-order valence-corrected chi connectivity index (χ2v) is 16.4. The molecule has 13 heteroatoms. The Kier molecular flexibility index (Phi) is 9.99. The molecule has 2 aliphatic heterocycles. The molecule has 0 aliphatic carbocycles. The largest absolute Gasteiger partial charge is 0.306 e. The van der Waals surface area contributed by atoms with Crippen molar-refractivity contribution in [2.75, 3.05) is 43.9 Å². The van der Waals surface area contributed by atoms with Gasteiger partial charge >= 0.3 is 0 Å². The van der Waals surface area contributed by atoms with Crippen molar-refractivity contribution < 1.29 is 14.2 Å². The maximum Gasteiger partial charge on any atom is 0.229 e. The van der Waals surface area contributed by atoms with Crippen molar-refractivity contribution in [1.82, 2.24) is 24.8 Å². The van der Waals surface area contributed by atoms with Crippen LogP contribution in [0.4, 0.5) is 10.3 Å². The van der Waals surface area contributed by atoms with Crippen molar-refractivity contribution in [3.63, 3.8) is 0 Å². The highest BCUT2D eigenvalue weighted by Crippen LogP contribution is 2.38. The first kappa shape index (κ1) is 34.7. The number of hydrogen-bond donors (Lipinski definition) is 2. The number of amides is 2. The zero-order chi connectivity index (χ0) is 35.8. The van der Waals surface area contributed by atoms with Crippen LogP contribution in [-0.2, 0) is 16.3 Å². The summed E-state index contributed by atoms with van der Waals surface area (Å²) in [7, 11) is 2.09. The summed E-state index contributed by atoms with van der Waals surface area (Å²) in [6.45, 7) is 6.27. The third-order valence-electron chi connectivity index (χ3n) is 10.2. The summed E-state index contributed by atoms with van der Waals surface area (Å²) in [5.41, 5.74) is 2.97. The molecular formula is C39H40ClN8O2S2+. The van der Waals surface area contributed by atoms with E-state index in [1.165, 1.54) is 22.7 Å². The van der Waals surface area contributed by atoms with Crippen molar-refractivity contribution in [3.05, 3.63) is 84.2 Å². The number of thiazole rings is 2. The number of rotatable bonds is 8. The number of fused-ring (bicyclic) bond motifs is 2. The Morgan fingerprint density at radius 2 is 1.46 bits per heavy atom. The van der Waals surface area contributed by atoms with Crippen LogP contribution in [0.15, 0.2) is 73.4 Å². The van der Waals surface area contributed by atoms with E-state index in [-0.39, 0.29) is 23.7 Å². The molecule has 2 saturated heterocycles. The first-order valence-electron chi connectivity index (χ1n) is 17.7. The summed E-state index contributed by atoms with van der Waals surface area (Å²) >= 11 is 9.91. The molecule has 2 N–H and O–H groups in total. The van der Waals surface area contributed by atoms with Gasteiger partial charge in [-0.15, -0.1) is 0 Å². The van der Waals surface area contributed by atoms with Gasteiger partial charge in [0, 0.05) is 77.0 Å². The topological polar surface area (TPSA) is 107 Å². The van der Waals surface area contributed by atoms with E-state index in [0.717, 1.165) is 107 Å². The summed E-state index contributed by atoms with van der Waals surface area (Å²) in [5, 5.41) is 12.3. The highest BCUT2D eigenvalue weighted by Gasteiger charge is 2.28. The van der Waals surface area contributed by atoms with Gasteiger partial charge in [-0.1, -0.05) is 52.5 Å². The predicted molar refractivity (Wildman–Crippen MR) is 210 cm³/mol. The van der Waals surface area contributed by atoms with Gasteiger partial charge < -0.3 is 15.5 Å². The number of aromatic nitrogens is 4. The highest BCUT2D eigenvalue weighted by molar-refractivity contribution is 7.19. The number of carbonyl (C=O) groups is 2. The number of piperidine rings is 2. The third-order valence-corrected chi connectivity index (χ3v) is 12.6. The van der Waals surface area contributed by atoms with Gasteiger partial charge in [-0.25, -0.2) is 14.9 Å². The molecule has 4 aromatic heterocycles. The minimum Gasteiger partial charge on any atom is -0.306 e. The van der Waals surface area contributed by atoms with Gasteiger partial charge in [0.1, 0.15) is 0 Å². The minimum atomic E-state index is -0.0478. The summed E-state index contributed by atoms with van der Waals surface area (Å²) in [5.74, 6) is 0.0659. The molecule has 0 atom stereocenters. The van der Waals surface area contributed by atoms with E-state index in [0.29, 0.717) is 15.3 Å². The number of aryl methyl sites for hydroxylation is 1. The minimum absolute atomic E-state index is 0.0267. The number of halogens is 1. The molecule has 2 aromatic carbocycles. The Hall–Kier alpha value is -4.33. The lowest BCUT2D eigenvalue weighted by Gasteiger charge is -2.28. The van der Waals surface area contributed by atoms with Gasteiger partial charge in [0.2, 0.25) is 18.5 Å². The number of carbonyl (C=O) groups excluding carboxylic acids is 2. The van der Waals surface area contributed by atoms with Crippen molar-refractivity contribution in [3.8, 4) is 20.9 Å². The molecule has 0 saturated carbocycles. The van der Waals surface area contributed by atoms with E-state index in [2.05, 4.69) is 95.8 Å². The quantitative estimate of drug-likeness (QED) is 0.156. The Balaban J connectivity index is 0.849. The first-order chi connectivity index (χ1) is 25.3. The number of likely N-dealkylation sites (tertiary alicyclic amines) is 2. The average Bonchev–Trinajstić information content (AvgIpc) is 3.82. The van der Waals surface area contributed by atoms with Crippen molar-refractivity contribution >= 4 is 77.9 Å². The molecule has 2 amide bonds. The van der Waals surface area contributed by atoms with Crippen LogP contribution in [0, 0.1) is 18.8 Å². The maximum absolute atomic E-state index is 13.2. The van der Waals surface area contributed by atoms with Crippen LogP contribution in [0.3, 0.4) is 0 Å². The molecule has 0 spiro atoms. The third kappa shape index (κ3) is 7.58. The smallest absolute Gasteiger partial charge is 0.229 e. The van der Waals surface area contributed by atoms with Crippen molar-refractivity contribution in [1.29, 1.82) is 0 Å². The summed E-state index contributed by atoms with van der Waals surface area (Å²) in [4.78, 5) is 46.0. The number of nitrogens with one attached hydrogen (secondary N) is 2. The number of benzene rings is 2. The van der Waals surface area contributed by atoms with Crippen molar-refractivity contribution in [2.24, 2.45) is 11.8 Å². The Morgan fingerprint density at radius 3 is 2.19 bits per heavy atom. The fraction of sp³-hybridized carbons (Fsp3) is 0.333. The van der Waals surface area contributed by atoms with Gasteiger partial charge in [0.05, 0.1) is 14.8 Å². The highest BCUT2D eigenvalue weighted by atomic mass is 35.5. The van der Waals surface area contributed by atoms with Gasteiger partial charge in [-0.2, -0.15) is 4.57 Å². The molecule has 10 nitrogen and oxygen atoms in total. The zero-order valence-electron chi connectivity index (χ0n) is 29.1. The lowest BCUT2D eigenvalue weighted by atomic mass is 9.96. The lowest BCUT2D eigenvalue weighted by Crippen LogP contribution is -2.47. The molecule has 8 rings (SSSR count). The fourth-order valence-corrected chi connectivity index (χ4v) is 9.20. The monoisotopic (exact) mass is 751 g/mol. The van der Waals surface area contributed by atoms with Gasteiger partial charge in [0.15, 0.2) is 22.7 Å². The molecule has 2 fully saturated rings. The molecular weight excluding hydrogens is 712 g/mol. The van der Waals surface area contributed by atoms with E-state index >= 15 is 0 Å². The summed E-state index contributed by atoms with van der Waals surface area (Å²) in [6, 6.07) is 14.6. The van der Waals surface area contributed by atoms with E-state index < -0.39 is 0 Å². The normalized spacial score (nSPS) is 16.4. The predicted octanol–water partition coefficient (Wildman–Crippen LogP) is 7.47. The van der Waals surface area contributed by atoms with E-state index in [1.54, 1.807) is 6.20 Å². The standard InChI is InChI=1S/C39H39ClN8O2S2/c1-24-17-30-18-27(3-4-28(30)19-41-24)33-20-42-38(51-33)44-37(50)26-9-14-47(15-10-26)23-48-16-11-31-29(22-48)5-6-32(35(31)40)34-21-43-39(52-34)45-36(49)25-7-12-46(2)13-8-25/h3-6,11,16-22,25-26H,7-10,12-15,23H2,1-2H3,(H,41,42,44,50)/p+1. The second kappa shape index (κ2) is 15.0. The number of anilines is 2. The molecule has 266 valence electrons. The maximum atomic E-state index is 13.2. The molecule has 0 unspecified atom stereocenters. The second-order valence-electron chi connectivity index (χ2n) is 13.9. The van der Waals surface area contributed by atoms with Crippen LogP contribution >= 0.6 is 34.3 Å². The number of nitrogens with zero attached hydrogens (tertiary/aromatic N) is 6. The van der Waals surface area contributed by atoms with Crippen LogP contribution < -0.4 is 15.2 Å². The van der Waals surface area contributed by atoms with Crippen molar-refractivity contribution in [2.45, 2.75) is 39.3 Å². The molecule has 52 heavy (non-hydrogen) atoms. The molecule has 0 bridgehead atoms. The molecule has 0 radical (unpaired) electrons. The molecule has 2 aliphatic rings. The first-order valence-corrected chi connectivity index (χ1v) is 19.7. The van der Waals surface area contributed by atoms with Gasteiger partial charge in [-0.05, 0) is 81.9 Å². The van der Waals surface area contributed by atoms with Crippen LogP contribution in [-0.4, -0.2) is 69.8 Å². The van der Waals surface area contributed by atoms with E-state index in [1.807, 2.05) is 25.4 Å². The Labute approximate surface area is 315 Å². The number of pyridine rings is 2. The Morgan fingerprint density at radius 1 is 0.808 bits per heavy atom. The summed E-state index contributed by atoms with van der Waals surface area (Å²) < 4.78 is 2.17. The molecule has 6 heterocycles. The zero-order valence-corrected chi connectivity index (χ0v) is 31.5. The van der Waals surface area contributed by atoms with Crippen LogP contribution in [0.2, 0.25) is 5.02 Å². The van der Waals surface area contributed by atoms with Crippen LogP contribution in [0.25, 0.3) is 42.4 Å². The average molecular weight is 752 g/mol. The van der Waals surface area contributed by atoms with Gasteiger partial charge in [0.25, 0.3) is 0 Å². The SMILES string of the molecule is Cc1cc2cc(-c3cnc(NC(=O)C4CCN(C[n+]5ccc6c(Cl)c(-c7cnc(NC(=O)C8CCN(C)CC8)s7)ccc6c5)CC4)s3)ccc2cn1. The van der Waals surface area contributed by atoms with E-state index in [9.17, 15) is 9.59 Å². The number of hydrogen-bond acceptors (Lipinski definition) is 9.